The van der Waals surface area contributed by atoms with Crippen LogP contribution in [-0.2, 0) is 0 Å². The fraction of sp³-hybridized carbons (Fsp3) is 0.0455. The number of hydrogen-bond acceptors (Lipinski definition) is 1. The van der Waals surface area contributed by atoms with Crippen molar-refractivity contribution in [1.29, 1.82) is 0 Å². The zero-order chi connectivity index (χ0) is 15.8. The average molecular weight is 306 g/mol. The number of benzene rings is 3. The monoisotopic (exact) mass is 306 g/mol. The average Bonchev–Trinajstić information content (AvgIpc) is 2.97. The van der Waals surface area contributed by atoms with Crippen molar-refractivity contribution in [3.05, 3.63) is 72.6 Å². The summed E-state index contributed by atoms with van der Waals surface area (Å²) in [5, 5.41) is 7.58. The Balaban J connectivity index is 2.06. The van der Waals surface area contributed by atoms with Gasteiger partial charge in [0.25, 0.3) is 0 Å². The van der Waals surface area contributed by atoms with Crippen LogP contribution in [0.15, 0.2) is 67.0 Å². The van der Waals surface area contributed by atoms with E-state index in [4.69, 9.17) is 4.98 Å². The Morgan fingerprint density at radius 2 is 1.67 bits per heavy atom. The van der Waals surface area contributed by atoms with Gasteiger partial charge in [0.1, 0.15) is 0 Å². The Morgan fingerprint density at radius 1 is 0.833 bits per heavy atom. The molecule has 0 atom stereocenters. The molecule has 0 bridgehead atoms. The second kappa shape index (κ2) is 4.04. The van der Waals surface area contributed by atoms with E-state index < -0.39 is 0 Å². The van der Waals surface area contributed by atoms with E-state index in [-0.39, 0.29) is 0 Å². The molecule has 2 heteroatoms. The summed E-state index contributed by atoms with van der Waals surface area (Å²) in [5.41, 5.74) is 4.92. The van der Waals surface area contributed by atoms with Crippen LogP contribution in [0, 0.1) is 6.92 Å². The lowest BCUT2D eigenvalue weighted by molar-refractivity contribution is 1.26. The van der Waals surface area contributed by atoms with Crippen molar-refractivity contribution in [2.75, 3.05) is 0 Å². The van der Waals surface area contributed by atoms with Crippen molar-refractivity contribution in [2.24, 2.45) is 0 Å². The first-order valence-electron chi connectivity index (χ1n) is 8.24. The maximum atomic E-state index is 4.76. The molecule has 3 heterocycles. The van der Waals surface area contributed by atoms with Crippen LogP contribution in [-0.4, -0.2) is 9.38 Å². The van der Waals surface area contributed by atoms with E-state index in [0.717, 1.165) is 5.52 Å². The molecule has 0 aliphatic rings. The fourth-order valence-corrected chi connectivity index (χ4v) is 4.16. The first-order chi connectivity index (χ1) is 11.8. The number of pyridine rings is 2. The number of aromatic nitrogens is 2. The van der Waals surface area contributed by atoms with Gasteiger partial charge in [-0.25, -0.2) is 0 Å². The number of aryl methyl sites for hydroxylation is 1. The maximum absolute atomic E-state index is 4.76. The number of rotatable bonds is 0. The summed E-state index contributed by atoms with van der Waals surface area (Å²) >= 11 is 0. The highest BCUT2D eigenvalue weighted by atomic mass is 14.9. The minimum Gasteiger partial charge on any atom is -0.315 e. The smallest absolute Gasteiger partial charge is 0.0822 e. The van der Waals surface area contributed by atoms with E-state index in [1.165, 1.54) is 48.9 Å². The molecule has 0 amide bonds. The van der Waals surface area contributed by atoms with Gasteiger partial charge in [-0.2, -0.15) is 0 Å². The third-order valence-corrected chi connectivity index (χ3v) is 5.27. The highest BCUT2D eigenvalue weighted by Gasteiger charge is 2.16. The minimum atomic E-state index is 1.10. The van der Waals surface area contributed by atoms with Crippen LogP contribution >= 0.6 is 0 Å². The van der Waals surface area contributed by atoms with Crippen LogP contribution in [0.3, 0.4) is 0 Å². The van der Waals surface area contributed by atoms with Crippen LogP contribution in [0.5, 0.6) is 0 Å². The molecule has 0 N–H and O–H groups in total. The molecule has 0 radical (unpaired) electrons. The summed E-state index contributed by atoms with van der Waals surface area (Å²) < 4.78 is 2.35. The predicted molar refractivity (Wildman–Crippen MR) is 101 cm³/mol. The van der Waals surface area contributed by atoms with Gasteiger partial charge in [-0.3, -0.25) is 4.98 Å². The van der Waals surface area contributed by atoms with Gasteiger partial charge in [0.2, 0.25) is 0 Å². The molecule has 3 aromatic heterocycles. The van der Waals surface area contributed by atoms with Gasteiger partial charge in [0, 0.05) is 28.6 Å². The van der Waals surface area contributed by atoms with E-state index in [0.29, 0.717) is 0 Å². The summed E-state index contributed by atoms with van der Waals surface area (Å²) in [6.45, 7) is 2.19. The molecule has 0 saturated heterocycles. The molecule has 3 aromatic carbocycles. The van der Waals surface area contributed by atoms with Gasteiger partial charge in [-0.15, -0.1) is 0 Å². The van der Waals surface area contributed by atoms with Gasteiger partial charge < -0.3 is 4.40 Å². The van der Waals surface area contributed by atoms with Crippen LogP contribution in [0.4, 0.5) is 0 Å². The second-order valence-electron chi connectivity index (χ2n) is 6.62. The minimum absolute atomic E-state index is 1.10. The van der Waals surface area contributed by atoms with Crippen molar-refractivity contribution >= 4 is 48.9 Å². The zero-order valence-corrected chi connectivity index (χ0v) is 13.2. The number of nitrogens with zero attached hydrogens (tertiary/aromatic N) is 2. The quantitative estimate of drug-likeness (QED) is 0.260. The van der Waals surface area contributed by atoms with Gasteiger partial charge in [-0.1, -0.05) is 36.4 Å². The lowest BCUT2D eigenvalue weighted by Gasteiger charge is -2.12. The predicted octanol–water partition coefficient (Wildman–Crippen LogP) is 5.69. The summed E-state index contributed by atoms with van der Waals surface area (Å²) in [6.07, 6.45) is 4.18. The van der Waals surface area contributed by atoms with Crippen molar-refractivity contribution in [1.82, 2.24) is 9.38 Å². The van der Waals surface area contributed by atoms with E-state index >= 15 is 0 Å². The van der Waals surface area contributed by atoms with E-state index in [9.17, 15) is 0 Å². The molecule has 6 aromatic rings. The summed E-state index contributed by atoms with van der Waals surface area (Å²) in [7, 11) is 0. The van der Waals surface area contributed by atoms with Gasteiger partial charge in [-0.05, 0) is 46.8 Å². The normalized spacial score (nSPS) is 12.4. The van der Waals surface area contributed by atoms with Crippen molar-refractivity contribution in [2.45, 2.75) is 6.92 Å². The van der Waals surface area contributed by atoms with Crippen molar-refractivity contribution < 1.29 is 0 Å². The van der Waals surface area contributed by atoms with Crippen molar-refractivity contribution in [3.8, 4) is 0 Å². The molecule has 0 fully saturated rings. The molecule has 2 nitrogen and oxygen atoms in total. The molecule has 0 unspecified atom stereocenters. The highest BCUT2D eigenvalue weighted by molar-refractivity contribution is 6.23. The first kappa shape index (κ1) is 12.3. The number of hydrogen-bond donors (Lipinski definition) is 0. The van der Waals surface area contributed by atoms with Crippen molar-refractivity contribution in [3.63, 3.8) is 0 Å². The molecule has 24 heavy (non-hydrogen) atoms. The second-order valence-corrected chi connectivity index (χ2v) is 6.62. The number of fused-ring (bicyclic) bond motifs is 4. The molecular weight excluding hydrogens is 292 g/mol. The highest BCUT2D eigenvalue weighted by Crippen LogP contribution is 2.38. The first-order valence-corrected chi connectivity index (χ1v) is 8.24. The Labute approximate surface area is 138 Å². The lowest BCUT2D eigenvalue weighted by atomic mass is 10.0. The Morgan fingerprint density at radius 3 is 2.54 bits per heavy atom. The Kier molecular flexibility index (Phi) is 2.07. The molecule has 0 aliphatic heterocycles. The third kappa shape index (κ3) is 1.35. The van der Waals surface area contributed by atoms with Gasteiger partial charge in [0.05, 0.1) is 16.6 Å². The molecule has 0 spiro atoms. The molecule has 6 rings (SSSR count). The topological polar surface area (TPSA) is 17.3 Å². The summed E-state index contributed by atoms with van der Waals surface area (Å²) in [5.74, 6) is 0. The third-order valence-electron chi connectivity index (χ3n) is 5.27. The van der Waals surface area contributed by atoms with Gasteiger partial charge in [0.15, 0.2) is 0 Å². The SMILES string of the molecule is Cc1cn2c3cc4ccccc4cc3c3nccc4ccc1c2c43. The lowest BCUT2D eigenvalue weighted by Crippen LogP contribution is -1.93. The largest absolute Gasteiger partial charge is 0.315 e. The van der Waals surface area contributed by atoms with E-state index in [1.54, 1.807) is 0 Å². The Bertz CT molecular complexity index is 1410. The van der Waals surface area contributed by atoms with Crippen LogP contribution in [0.25, 0.3) is 48.9 Å². The molecule has 0 aliphatic carbocycles. The molecule has 0 saturated carbocycles. The summed E-state index contributed by atoms with van der Waals surface area (Å²) in [4.78, 5) is 4.76. The summed E-state index contributed by atoms with van der Waals surface area (Å²) in [6, 6.07) is 19.7. The van der Waals surface area contributed by atoms with Crippen LogP contribution < -0.4 is 0 Å². The van der Waals surface area contributed by atoms with E-state index in [1.807, 2.05) is 6.20 Å². The molecular formula is C22H14N2. The zero-order valence-electron chi connectivity index (χ0n) is 13.2. The Hall–Kier alpha value is -3.13. The molecule has 112 valence electrons. The van der Waals surface area contributed by atoms with E-state index in [2.05, 4.69) is 72.1 Å². The van der Waals surface area contributed by atoms with Crippen LogP contribution in [0.1, 0.15) is 5.56 Å². The maximum Gasteiger partial charge on any atom is 0.0822 e. The standard InChI is InChI=1S/C22H14N2/c1-13-12-24-19-11-16-5-3-2-4-15(16)10-18(19)21-20-14(8-9-23-21)6-7-17(13)22(20)24/h2-12H,1H3. The fourth-order valence-electron chi connectivity index (χ4n) is 4.16. The van der Waals surface area contributed by atoms with Gasteiger partial charge >= 0.3 is 0 Å². The van der Waals surface area contributed by atoms with Crippen LogP contribution in [0.2, 0.25) is 0 Å².